The topological polar surface area (TPSA) is 59.3 Å². The molecular weight excluding hydrogens is 295 g/mol. The van der Waals surface area contributed by atoms with Gasteiger partial charge < -0.3 is 5.32 Å². The number of halogens is 1. The maximum absolute atomic E-state index is 13.6. The Morgan fingerprint density at radius 3 is 2.78 bits per heavy atom. The fourth-order valence-corrected chi connectivity index (χ4v) is 2.19. The van der Waals surface area contributed by atoms with Crippen molar-refractivity contribution in [1.82, 2.24) is 14.6 Å². The zero-order chi connectivity index (χ0) is 16.6. The van der Waals surface area contributed by atoms with Crippen LogP contribution in [0.4, 0.5) is 10.1 Å². The summed E-state index contributed by atoms with van der Waals surface area (Å²) in [6.45, 7) is 5.66. The molecule has 0 aliphatic heterocycles. The highest BCUT2D eigenvalue weighted by molar-refractivity contribution is 6.05. The molecule has 0 atom stereocenters. The van der Waals surface area contributed by atoms with E-state index in [0.717, 1.165) is 0 Å². The SMILES string of the molecule is Cc1ccc(C(=O)Nc2cccn3nc(C(C)C)nc23)cc1F. The van der Waals surface area contributed by atoms with Crippen LogP contribution in [0, 0.1) is 12.7 Å². The smallest absolute Gasteiger partial charge is 0.255 e. The molecule has 3 aromatic rings. The van der Waals surface area contributed by atoms with Crippen LogP contribution in [-0.2, 0) is 0 Å². The van der Waals surface area contributed by atoms with Gasteiger partial charge >= 0.3 is 0 Å². The van der Waals surface area contributed by atoms with Gasteiger partial charge in [0.05, 0.1) is 5.69 Å². The summed E-state index contributed by atoms with van der Waals surface area (Å²) < 4.78 is 15.2. The van der Waals surface area contributed by atoms with Crippen molar-refractivity contribution in [3.63, 3.8) is 0 Å². The molecule has 0 saturated heterocycles. The number of amides is 1. The number of carbonyl (C=O) groups is 1. The van der Waals surface area contributed by atoms with E-state index in [2.05, 4.69) is 15.4 Å². The van der Waals surface area contributed by atoms with Crippen molar-refractivity contribution < 1.29 is 9.18 Å². The first-order valence-electron chi connectivity index (χ1n) is 7.38. The Kier molecular flexibility index (Phi) is 3.82. The third-order valence-electron chi connectivity index (χ3n) is 3.58. The van der Waals surface area contributed by atoms with Crippen LogP contribution < -0.4 is 5.32 Å². The van der Waals surface area contributed by atoms with E-state index >= 15 is 0 Å². The summed E-state index contributed by atoms with van der Waals surface area (Å²) in [6.07, 6.45) is 1.77. The quantitative estimate of drug-likeness (QED) is 0.804. The standard InChI is InChI=1S/C17H17FN4O/c1-10(2)15-20-16-14(5-4-8-22(16)21-15)19-17(23)12-7-6-11(3)13(18)9-12/h4-10H,1-3H3,(H,19,23). The van der Waals surface area contributed by atoms with Gasteiger partial charge in [-0.15, -0.1) is 0 Å². The molecular formula is C17H17FN4O. The van der Waals surface area contributed by atoms with Crippen LogP contribution in [0.1, 0.15) is 41.5 Å². The third kappa shape index (κ3) is 2.92. The van der Waals surface area contributed by atoms with E-state index in [1.165, 1.54) is 6.07 Å². The number of anilines is 1. The minimum absolute atomic E-state index is 0.185. The van der Waals surface area contributed by atoms with Crippen LogP contribution in [0.3, 0.4) is 0 Å². The molecule has 1 N–H and O–H groups in total. The first-order chi connectivity index (χ1) is 11.0. The lowest BCUT2D eigenvalue weighted by Crippen LogP contribution is -2.13. The van der Waals surface area contributed by atoms with Gasteiger partial charge in [-0.25, -0.2) is 13.9 Å². The molecule has 0 bridgehead atoms. The number of benzene rings is 1. The van der Waals surface area contributed by atoms with Crippen molar-refractivity contribution in [3.8, 4) is 0 Å². The fourth-order valence-electron chi connectivity index (χ4n) is 2.19. The van der Waals surface area contributed by atoms with Gasteiger partial charge in [-0.3, -0.25) is 4.79 Å². The van der Waals surface area contributed by atoms with E-state index in [-0.39, 0.29) is 17.4 Å². The van der Waals surface area contributed by atoms with Crippen LogP contribution in [0.15, 0.2) is 36.5 Å². The van der Waals surface area contributed by atoms with E-state index in [0.29, 0.717) is 22.7 Å². The molecule has 0 saturated carbocycles. The van der Waals surface area contributed by atoms with Gasteiger partial charge in [0.15, 0.2) is 11.5 Å². The van der Waals surface area contributed by atoms with Crippen molar-refractivity contribution in [1.29, 1.82) is 0 Å². The summed E-state index contributed by atoms with van der Waals surface area (Å²) >= 11 is 0. The molecule has 2 heterocycles. The number of aryl methyl sites for hydroxylation is 1. The number of fused-ring (bicyclic) bond motifs is 1. The largest absolute Gasteiger partial charge is 0.319 e. The van der Waals surface area contributed by atoms with E-state index in [9.17, 15) is 9.18 Å². The van der Waals surface area contributed by atoms with E-state index in [4.69, 9.17) is 0 Å². The molecule has 2 aromatic heterocycles. The second-order valence-corrected chi connectivity index (χ2v) is 5.73. The van der Waals surface area contributed by atoms with Crippen LogP contribution in [0.5, 0.6) is 0 Å². The Hall–Kier alpha value is -2.76. The van der Waals surface area contributed by atoms with Crippen molar-refractivity contribution in [2.24, 2.45) is 0 Å². The summed E-state index contributed by atoms with van der Waals surface area (Å²) in [5, 5.41) is 7.14. The van der Waals surface area contributed by atoms with Crippen LogP contribution in [-0.4, -0.2) is 20.5 Å². The lowest BCUT2D eigenvalue weighted by molar-refractivity contribution is 0.102. The first-order valence-corrected chi connectivity index (χ1v) is 7.38. The highest BCUT2D eigenvalue weighted by atomic mass is 19.1. The monoisotopic (exact) mass is 312 g/mol. The number of aromatic nitrogens is 3. The van der Waals surface area contributed by atoms with E-state index in [1.807, 2.05) is 13.8 Å². The van der Waals surface area contributed by atoms with E-state index in [1.54, 1.807) is 41.9 Å². The Morgan fingerprint density at radius 2 is 2.09 bits per heavy atom. The van der Waals surface area contributed by atoms with Crippen LogP contribution >= 0.6 is 0 Å². The van der Waals surface area contributed by atoms with Crippen LogP contribution in [0.2, 0.25) is 0 Å². The summed E-state index contributed by atoms with van der Waals surface area (Å²) in [7, 11) is 0. The second-order valence-electron chi connectivity index (χ2n) is 5.73. The van der Waals surface area contributed by atoms with E-state index < -0.39 is 5.82 Å². The van der Waals surface area contributed by atoms with Crippen molar-refractivity contribution in [2.45, 2.75) is 26.7 Å². The summed E-state index contributed by atoms with van der Waals surface area (Å²) in [5.41, 5.74) is 1.87. The highest BCUT2D eigenvalue weighted by Gasteiger charge is 2.14. The lowest BCUT2D eigenvalue weighted by atomic mass is 10.1. The maximum atomic E-state index is 13.6. The number of carbonyl (C=O) groups excluding carboxylic acids is 1. The number of nitrogens with zero attached hydrogens (tertiary/aromatic N) is 3. The molecule has 6 heteroatoms. The zero-order valence-corrected chi connectivity index (χ0v) is 13.2. The summed E-state index contributed by atoms with van der Waals surface area (Å²) in [6, 6.07) is 7.93. The van der Waals surface area contributed by atoms with Crippen molar-refractivity contribution in [2.75, 3.05) is 5.32 Å². The average molecular weight is 312 g/mol. The number of pyridine rings is 1. The molecule has 0 unspecified atom stereocenters. The molecule has 0 fully saturated rings. The number of hydrogen-bond donors (Lipinski definition) is 1. The molecule has 0 aliphatic rings. The molecule has 0 radical (unpaired) electrons. The van der Waals surface area contributed by atoms with Gasteiger partial charge in [0.2, 0.25) is 0 Å². The number of rotatable bonds is 3. The van der Waals surface area contributed by atoms with Crippen molar-refractivity contribution >= 4 is 17.2 Å². The normalized spacial score (nSPS) is 11.2. The Labute approximate surface area is 133 Å². The molecule has 0 aliphatic carbocycles. The highest BCUT2D eigenvalue weighted by Crippen LogP contribution is 2.19. The van der Waals surface area contributed by atoms with Gasteiger partial charge in [-0.1, -0.05) is 19.9 Å². The van der Waals surface area contributed by atoms with Gasteiger partial charge in [0.25, 0.3) is 5.91 Å². The molecule has 3 rings (SSSR count). The second kappa shape index (κ2) is 5.79. The minimum atomic E-state index is -0.402. The predicted molar refractivity (Wildman–Crippen MR) is 86.2 cm³/mol. The van der Waals surface area contributed by atoms with Crippen LogP contribution in [0.25, 0.3) is 5.65 Å². The lowest BCUT2D eigenvalue weighted by Gasteiger charge is -2.06. The average Bonchev–Trinajstić information content (AvgIpc) is 2.95. The molecule has 1 aromatic carbocycles. The minimum Gasteiger partial charge on any atom is -0.319 e. The Morgan fingerprint density at radius 1 is 1.30 bits per heavy atom. The molecule has 23 heavy (non-hydrogen) atoms. The zero-order valence-electron chi connectivity index (χ0n) is 13.2. The Balaban J connectivity index is 1.94. The van der Waals surface area contributed by atoms with Gasteiger partial charge in [0, 0.05) is 17.7 Å². The Bertz CT molecular complexity index is 885. The number of nitrogens with one attached hydrogen (secondary N) is 1. The first kappa shape index (κ1) is 15.1. The molecule has 118 valence electrons. The summed E-state index contributed by atoms with van der Waals surface area (Å²) in [5.74, 6) is 0.101. The molecule has 0 spiro atoms. The third-order valence-corrected chi connectivity index (χ3v) is 3.58. The van der Waals surface area contributed by atoms with Gasteiger partial charge in [-0.05, 0) is 36.8 Å². The maximum Gasteiger partial charge on any atom is 0.255 e. The summed E-state index contributed by atoms with van der Waals surface area (Å²) in [4.78, 5) is 16.8. The van der Waals surface area contributed by atoms with Gasteiger partial charge in [-0.2, -0.15) is 5.10 Å². The molecule has 1 amide bonds. The molecule has 5 nitrogen and oxygen atoms in total. The van der Waals surface area contributed by atoms with Gasteiger partial charge in [0.1, 0.15) is 5.82 Å². The number of hydrogen-bond acceptors (Lipinski definition) is 3. The fraction of sp³-hybridized carbons (Fsp3) is 0.235. The predicted octanol–water partition coefficient (Wildman–Crippen LogP) is 3.55. The van der Waals surface area contributed by atoms with Crippen molar-refractivity contribution in [3.05, 3.63) is 59.3 Å².